The highest BCUT2D eigenvalue weighted by atomic mass is 16.2. The summed E-state index contributed by atoms with van der Waals surface area (Å²) in [5.74, 6) is -0.217. The maximum atomic E-state index is 13.4. The van der Waals surface area contributed by atoms with Gasteiger partial charge in [0.15, 0.2) is 17.3 Å². The zero-order valence-corrected chi connectivity index (χ0v) is 47.2. The summed E-state index contributed by atoms with van der Waals surface area (Å²) >= 11 is 0. The molecule has 12 nitrogen and oxygen atoms in total. The van der Waals surface area contributed by atoms with Crippen molar-refractivity contribution in [1.29, 1.82) is 0 Å². The van der Waals surface area contributed by atoms with E-state index in [1.54, 1.807) is 0 Å². The standard InChI is InChI=1S/C28H58N4O2.C26H48N2O4/c1-25(2,3)23(33)21(17-13-15-19-29-26(4,5)6)31-24(34)22(32-28(10,11)12)18-14-16-20-30-27(7,8)9;1-23(2,3)19(29)15-13-17(21(31)24(4,5)6)27-20(30)16-14-18(28-26(10,11)12)22(32)25(7,8)9/h21-22,29-30,32H,13-20H2,1-12H3,(H,31,34);17-18,28H,13-16H2,1-12H3,(H,27,30). The van der Waals surface area contributed by atoms with Gasteiger partial charge in [0, 0.05) is 56.7 Å². The second-order valence-electron chi connectivity index (χ2n) is 27.0. The predicted molar refractivity (Wildman–Crippen MR) is 277 cm³/mol. The lowest BCUT2D eigenvalue weighted by Crippen LogP contribution is -2.55. The van der Waals surface area contributed by atoms with Gasteiger partial charge in [-0.3, -0.25) is 28.8 Å². The quantitative estimate of drug-likeness (QED) is 0.0512. The molecule has 0 aromatic carbocycles. The van der Waals surface area contributed by atoms with E-state index < -0.39 is 39.8 Å². The van der Waals surface area contributed by atoms with E-state index in [0.717, 1.165) is 45.2 Å². The summed E-state index contributed by atoms with van der Waals surface area (Å²) in [6.45, 7) is 49.4. The van der Waals surface area contributed by atoms with E-state index in [1.165, 1.54) is 0 Å². The van der Waals surface area contributed by atoms with Gasteiger partial charge in [0.05, 0.1) is 24.2 Å². The molecule has 0 saturated carbocycles. The molecular weight excluding hydrogens is 829 g/mol. The van der Waals surface area contributed by atoms with Crippen molar-refractivity contribution in [2.45, 2.75) is 277 Å². The third kappa shape index (κ3) is 32.3. The first-order valence-electron chi connectivity index (χ1n) is 25.1. The van der Waals surface area contributed by atoms with Gasteiger partial charge in [0.25, 0.3) is 0 Å². The van der Waals surface area contributed by atoms with Crippen molar-refractivity contribution >= 4 is 34.9 Å². The summed E-state index contributed by atoms with van der Waals surface area (Å²) in [5.41, 5.74) is -2.43. The molecule has 4 atom stereocenters. The number of hydrogen-bond donors (Lipinski definition) is 6. The van der Waals surface area contributed by atoms with Gasteiger partial charge in [-0.1, -0.05) is 89.5 Å². The van der Waals surface area contributed by atoms with Crippen molar-refractivity contribution in [3.63, 3.8) is 0 Å². The molecule has 0 aromatic heterocycles. The Labute approximate surface area is 405 Å². The Kier molecular flexibility index (Phi) is 26.8. The van der Waals surface area contributed by atoms with Crippen LogP contribution in [0.15, 0.2) is 0 Å². The van der Waals surface area contributed by atoms with Gasteiger partial charge in [-0.05, 0) is 141 Å². The molecule has 0 saturated heterocycles. The topological polar surface area (TPSA) is 175 Å². The molecule has 0 fully saturated rings. The molecule has 0 aliphatic rings. The zero-order valence-electron chi connectivity index (χ0n) is 47.2. The van der Waals surface area contributed by atoms with E-state index in [-0.39, 0.29) is 82.4 Å². The molecule has 0 aliphatic carbocycles. The van der Waals surface area contributed by atoms with Crippen LogP contribution in [0.4, 0.5) is 0 Å². The summed E-state index contributed by atoms with van der Waals surface area (Å²) in [6, 6.07) is -1.94. The summed E-state index contributed by atoms with van der Waals surface area (Å²) < 4.78 is 0. The number of rotatable bonds is 24. The third-order valence-electron chi connectivity index (χ3n) is 10.7. The highest BCUT2D eigenvalue weighted by molar-refractivity contribution is 5.94. The molecular formula is C54H106N6O6. The van der Waals surface area contributed by atoms with Crippen molar-refractivity contribution in [1.82, 2.24) is 31.9 Å². The lowest BCUT2D eigenvalue weighted by molar-refractivity contribution is -0.134. The largest absolute Gasteiger partial charge is 0.346 e. The minimum absolute atomic E-state index is 0.0540. The van der Waals surface area contributed by atoms with Crippen LogP contribution in [0.5, 0.6) is 0 Å². The fraction of sp³-hybridized carbons (Fsp3) is 0.889. The maximum Gasteiger partial charge on any atom is 0.237 e. The van der Waals surface area contributed by atoms with E-state index in [9.17, 15) is 28.8 Å². The SMILES string of the molecule is CC(C)(C)NC(CCC(=O)NC(CCC(=O)C(C)(C)C)C(=O)C(C)(C)C)C(=O)C(C)(C)C.CC(C)(C)NCCCCC(NC(C)(C)C)C(=O)NC(CCCCNC(C)(C)C)C(=O)C(C)(C)C. The van der Waals surface area contributed by atoms with Gasteiger partial charge in [-0.15, -0.1) is 0 Å². The van der Waals surface area contributed by atoms with E-state index in [4.69, 9.17) is 0 Å². The van der Waals surface area contributed by atoms with Crippen LogP contribution in [0.25, 0.3) is 0 Å². The highest BCUT2D eigenvalue weighted by Gasteiger charge is 2.36. The number of unbranched alkanes of at least 4 members (excludes halogenated alkanes) is 2. The number of carbonyl (C=O) groups excluding carboxylic acids is 6. The fourth-order valence-electron chi connectivity index (χ4n) is 7.03. The van der Waals surface area contributed by atoms with Gasteiger partial charge < -0.3 is 31.9 Å². The van der Waals surface area contributed by atoms with Crippen LogP contribution < -0.4 is 31.9 Å². The van der Waals surface area contributed by atoms with Crippen molar-refractivity contribution in [2.75, 3.05) is 13.1 Å². The van der Waals surface area contributed by atoms with Gasteiger partial charge in [0.2, 0.25) is 11.8 Å². The Hall–Kier alpha value is -2.54. The highest BCUT2D eigenvalue weighted by Crippen LogP contribution is 2.25. The Bertz CT molecular complexity index is 1510. The third-order valence-corrected chi connectivity index (χ3v) is 10.7. The Morgan fingerprint density at radius 1 is 0.348 bits per heavy atom. The van der Waals surface area contributed by atoms with Gasteiger partial charge in [-0.2, -0.15) is 0 Å². The number of Topliss-reactive ketones (excluding diaryl/α,β-unsaturated/α-hetero) is 4. The van der Waals surface area contributed by atoms with E-state index >= 15 is 0 Å². The minimum Gasteiger partial charge on any atom is -0.346 e. The Morgan fingerprint density at radius 2 is 0.682 bits per heavy atom. The molecule has 388 valence electrons. The minimum atomic E-state index is -0.721. The predicted octanol–water partition coefficient (Wildman–Crippen LogP) is 9.59. The number of nitrogens with one attached hydrogen (secondary N) is 6. The summed E-state index contributed by atoms with van der Waals surface area (Å²) in [5, 5.41) is 19.8. The van der Waals surface area contributed by atoms with Crippen LogP contribution in [0.3, 0.4) is 0 Å². The van der Waals surface area contributed by atoms with E-state index in [0.29, 0.717) is 12.8 Å². The van der Waals surface area contributed by atoms with Crippen LogP contribution >= 0.6 is 0 Å². The van der Waals surface area contributed by atoms with Crippen molar-refractivity contribution in [2.24, 2.45) is 21.7 Å². The van der Waals surface area contributed by atoms with Gasteiger partial charge >= 0.3 is 0 Å². The van der Waals surface area contributed by atoms with E-state index in [1.807, 2.05) is 104 Å². The molecule has 4 unspecified atom stereocenters. The number of amides is 2. The lowest BCUT2D eigenvalue weighted by atomic mass is 9.82. The lowest BCUT2D eigenvalue weighted by Gasteiger charge is -2.32. The number of carbonyl (C=O) groups is 6. The first-order valence-corrected chi connectivity index (χ1v) is 25.1. The summed E-state index contributed by atoms with van der Waals surface area (Å²) in [6.07, 6.45) is 6.23. The van der Waals surface area contributed by atoms with Crippen LogP contribution in [-0.4, -0.2) is 94.4 Å². The molecule has 0 radical (unpaired) electrons. The normalized spacial score (nSPS) is 15.2. The van der Waals surface area contributed by atoms with Crippen molar-refractivity contribution in [3.05, 3.63) is 0 Å². The zero-order chi connectivity index (χ0) is 52.5. The van der Waals surface area contributed by atoms with Crippen molar-refractivity contribution in [3.8, 4) is 0 Å². The Balaban J connectivity index is 0. The molecule has 0 aliphatic heterocycles. The average molecular weight is 935 g/mol. The van der Waals surface area contributed by atoms with Gasteiger partial charge in [-0.25, -0.2) is 0 Å². The molecule has 2 amide bonds. The second-order valence-corrected chi connectivity index (χ2v) is 27.0. The van der Waals surface area contributed by atoms with Crippen LogP contribution in [-0.2, 0) is 28.8 Å². The first kappa shape index (κ1) is 65.5. The fourth-order valence-corrected chi connectivity index (χ4v) is 7.03. The van der Waals surface area contributed by atoms with Crippen LogP contribution in [0, 0.1) is 21.7 Å². The van der Waals surface area contributed by atoms with Crippen LogP contribution in [0.1, 0.15) is 230 Å². The second kappa shape index (κ2) is 27.0. The van der Waals surface area contributed by atoms with E-state index in [2.05, 4.69) is 94.2 Å². The van der Waals surface area contributed by atoms with Crippen molar-refractivity contribution < 1.29 is 28.8 Å². The number of hydrogen-bond acceptors (Lipinski definition) is 10. The van der Waals surface area contributed by atoms with Crippen LogP contribution in [0.2, 0.25) is 0 Å². The molecule has 6 N–H and O–H groups in total. The summed E-state index contributed by atoms with van der Waals surface area (Å²) in [4.78, 5) is 77.5. The molecule has 0 spiro atoms. The molecule has 0 aromatic rings. The molecule has 0 rings (SSSR count). The number of ketones is 4. The summed E-state index contributed by atoms with van der Waals surface area (Å²) in [7, 11) is 0. The Morgan fingerprint density at radius 3 is 1.03 bits per heavy atom. The monoisotopic (exact) mass is 935 g/mol. The molecule has 0 heterocycles. The first-order chi connectivity index (χ1) is 29.3. The molecule has 66 heavy (non-hydrogen) atoms. The smallest absolute Gasteiger partial charge is 0.237 e. The molecule has 0 bridgehead atoms. The average Bonchev–Trinajstić information content (AvgIpc) is 3.09. The van der Waals surface area contributed by atoms with Gasteiger partial charge in [0.1, 0.15) is 5.78 Å². The maximum absolute atomic E-state index is 13.4. The molecule has 12 heteroatoms.